The van der Waals surface area contributed by atoms with E-state index in [0.717, 1.165) is 0 Å². The zero-order valence-corrected chi connectivity index (χ0v) is 14.3. The average molecular weight is 304 g/mol. The molecular weight excluding hydrogens is 276 g/mol. The summed E-state index contributed by atoms with van der Waals surface area (Å²) in [5.74, 6) is -2.54. The van der Waals surface area contributed by atoms with Crippen LogP contribution in [-0.2, 0) is 29.1 Å². The summed E-state index contributed by atoms with van der Waals surface area (Å²) < 4.78 is 0. The lowest BCUT2D eigenvalue weighted by Crippen LogP contribution is -2.38. The second kappa shape index (κ2) is 7.75. The molecule has 6 nitrogen and oxygen atoms in total. The molecular formula is C15H28O6. The minimum atomic E-state index is -1.35. The molecule has 0 aliphatic heterocycles. The quantitative estimate of drug-likeness (QED) is 0.408. The van der Waals surface area contributed by atoms with Gasteiger partial charge in [0.25, 0.3) is 5.79 Å². The summed E-state index contributed by atoms with van der Waals surface area (Å²) in [6.07, 6.45) is 0.385. The Morgan fingerprint density at radius 1 is 0.905 bits per heavy atom. The molecule has 0 aliphatic rings. The van der Waals surface area contributed by atoms with Crippen molar-refractivity contribution in [1.29, 1.82) is 0 Å². The molecule has 21 heavy (non-hydrogen) atoms. The van der Waals surface area contributed by atoms with Gasteiger partial charge in [-0.15, -0.1) is 9.78 Å². The molecule has 0 bridgehead atoms. The summed E-state index contributed by atoms with van der Waals surface area (Å²) in [5.41, 5.74) is -0.701. The van der Waals surface area contributed by atoms with Crippen LogP contribution in [0.4, 0.5) is 0 Å². The lowest BCUT2D eigenvalue weighted by atomic mass is 9.98. The number of hydrogen-bond acceptors (Lipinski definition) is 6. The van der Waals surface area contributed by atoms with Gasteiger partial charge in [0, 0.05) is 6.42 Å². The van der Waals surface area contributed by atoms with Crippen LogP contribution in [0.5, 0.6) is 0 Å². The highest BCUT2D eigenvalue weighted by Gasteiger charge is 2.36. The van der Waals surface area contributed by atoms with Crippen molar-refractivity contribution >= 4 is 11.9 Å². The minimum absolute atomic E-state index is 0.182. The molecule has 0 N–H and O–H groups in total. The van der Waals surface area contributed by atoms with Crippen LogP contribution in [0.15, 0.2) is 0 Å². The van der Waals surface area contributed by atoms with E-state index in [1.165, 1.54) is 0 Å². The summed E-state index contributed by atoms with van der Waals surface area (Å²) in [4.78, 5) is 42.9. The van der Waals surface area contributed by atoms with Gasteiger partial charge in [0.05, 0.1) is 11.3 Å². The molecule has 0 aromatic rings. The van der Waals surface area contributed by atoms with Crippen LogP contribution in [0.3, 0.4) is 0 Å². The van der Waals surface area contributed by atoms with Gasteiger partial charge in [-0.3, -0.25) is 9.78 Å². The normalized spacial score (nSPS) is 15.0. The molecule has 0 fully saturated rings. The molecule has 0 saturated carbocycles. The fraction of sp³-hybridized carbons (Fsp3) is 0.867. The molecule has 1 unspecified atom stereocenters. The van der Waals surface area contributed by atoms with Gasteiger partial charge in [-0.2, -0.15) is 0 Å². The van der Waals surface area contributed by atoms with Crippen LogP contribution in [-0.4, -0.2) is 17.7 Å². The monoisotopic (exact) mass is 304 g/mol. The first kappa shape index (κ1) is 19.9. The summed E-state index contributed by atoms with van der Waals surface area (Å²) in [6.45, 7) is 13.9. The van der Waals surface area contributed by atoms with E-state index in [1.807, 2.05) is 13.8 Å². The summed E-state index contributed by atoms with van der Waals surface area (Å²) >= 11 is 0. The van der Waals surface area contributed by atoms with Crippen molar-refractivity contribution in [1.82, 2.24) is 0 Å². The molecule has 6 heteroatoms. The van der Waals surface area contributed by atoms with E-state index < -0.39 is 23.1 Å². The van der Waals surface area contributed by atoms with Crippen molar-refractivity contribution < 1.29 is 29.1 Å². The van der Waals surface area contributed by atoms with Crippen LogP contribution in [0.25, 0.3) is 0 Å². The Morgan fingerprint density at radius 2 is 1.38 bits per heavy atom. The minimum Gasteiger partial charge on any atom is -0.295 e. The average Bonchev–Trinajstić information content (AvgIpc) is 2.31. The van der Waals surface area contributed by atoms with Gasteiger partial charge < -0.3 is 0 Å². The van der Waals surface area contributed by atoms with Crippen molar-refractivity contribution in [2.24, 2.45) is 17.3 Å². The van der Waals surface area contributed by atoms with E-state index in [1.54, 1.807) is 41.5 Å². The summed E-state index contributed by atoms with van der Waals surface area (Å²) in [6, 6.07) is 0. The van der Waals surface area contributed by atoms with Crippen molar-refractivity contribution in [3.05, 3.63) is 0 Å². The number of hydrogen-bond donors (Lipinski definition) is 0. The number of carbonyl (C=O) groups is 2. The zero-order valence-electron chi connectivity index (χ0n) is 14.3. The van der Waals surface area contributed by atoms with Gasteiger partial charge in [-0.25, -0.2) is 9.59 Å². The Kier molecular flexibility index (Phi) is 7.33. The van der Waals surface area contributed by atoms with E-state index in [4.69, 9.17) is 19.6 Å². The van der Waals surface area contributed by atoms with E-state index in [0.29, 0.717) is 6.42 Å². The largest absolute Gasteiger partial charge is 0.347 e. The first-order valence-corrected chi connectivity index (χ1v) is 7.17. The predicted molar refractivity (Wildman–Crippen MR) is 76.5 cm³/mol. The molecule has 124 valence electrons. The molecule has 0 amide bonds. The van der Waals surface area contributed by atoms with E-state index in [9.17, 15) is 9.59 Å². The van der Waals surface area contributed by atoms with Crippen LogP contribution in [0.2, 0.25) is 0 Å². The van der Waals surface area contributed by atoms with Crippen molar-refractivity contribution in [2.45, 2.75) is 67.6 Å². The highest BCUT2D eigenvalue weighted by atomic mass is 17.3. The smallest absolute Gasteiger partial charge is 0.295 e. The van der Waals surface area contributed by atoms with Gasteiger partial charge >= 0.3 is 11.9 Å². The van der Waals surface area contributed by atoms with Gasteiger partial charge in [0.1, 0.15) is 0 Å². The maximum Gasteiger partial charge on any atom is 0.347 e. The Labute approximate surface area is 126 Å². The zero-order chi connectivity index (χ0) is 16.8. The van der Waals surface area contributed by atoms with Gasteiger partial charge in [-0.1, -0.05) is 27.7 Å². The third-order valence-corrected chi connectivity index (χ3v) is 2.46. The van der Waals surface area contributed by atoms with E-state index >= 15 is 0 Å². The van der Waals surface area contributed by atoms with Crippen molar-refractivity contribution in [3.8, 4) is 0 Å². The van der Waals surface area contributed by atoms with Crippen LogP contribution in [0, 0.1) is 17.3 Å². The van der Waals surface area contributed by atoms with E-state index in [2.05, 4.69) is 0 Å². The topological polar surface area (TPSA) is 71.1 Å². The Hall–Kier alpha value is -1.14. The van der Waals surface area contributed by atoms with Crippen molar-refractivity contribution in [3.63, 3.8) is 0 Å². The Morgan fingerprint density at radius 3 is 1.76 bits per heavy atom. The highest BCUT2D eigenvalue weighted by molar-refractivity contribution is 5.74. The van der Waals surface area contributed by atoms with Crippen LogP contribution in [0.1, 0.15) is 61.8 Å². The number of rotatable bonds is 7. The summed E-state index contributed by atoms with van der Waals surface area (Å²) in [7, 11) is 0. The fourth-order valence-electron chi connectivity index (χ4n) is 1.30. The highest BCUT2D eigenvalue weighted by Crippen LogP contribution is 2.25. The first-order chi connectivity index (χ1) is 9.37. The summed E-state index contributed by atoms with van der Waals surface area (Å²) in [5, 5.41) is 0. The third kappa shape index (κ3) is 8.02. The molecule has 0 saturated heterocycles. The predicted octanol–water partition coefficient (Wildman–Crippen LogP) is 3.40. The Balaban J connectivity index is 4.69. The molecule has 1 atom stereocenters. The van der Waals surface area contributed by atoms with Crippen LogP contribution < -0.4 is 0 Å². The second-order valence-corrected chi connectivity index (χ2v) is 7.08. The molecule has 0 aliphatic carbocycles. The fourth-order valence-corrected chi connectivity index (χ4v) is 1.30. The number of carbonyl (C=O) groups excluding carboxylic acids is 2. The van der Waals surface area contributed by atoms with Gasteiger partial charge in [0.2, 0.25) is 0 Å². The lowest BCUT2D eigenvalue weighted by molar-refractivity contribution is -0.480. The first-order valence-electron chi connectivity index (χ1n) is 7.17. The van der Waals surface area contributed by atoms with Gasteiger partial charge in [0.15, 0.2) is 0 Å². The second-order valence-electron chi connectivity index (χ2n) is 7.08. The van der Waals surface area contributed by atoms with E-state index in [-0.39, 0.29) is 11.8 Å². The standard InChI is InChI=1S/C15H28O6/c1-10(2)9-15(8,20-18-12(16)11(3)4)21-19-13(17)14(5,6)7/h10-11H,9H2,1-8H3. The Bertz CT molecular complexity index is 356. The van der Waals surface area contributed by atoms with Gasteiger partial charge in [-0.05, 0) is 33.6 Å². The third-order valence-electron chi connectivity index (χ3n) is 2.46. The lowest BCUT2D eigenvalue weighted by Gasteiger charge is -2.28. The maximum absolute atomic E-state index is 11.7. The SMILES string of the molecule is CC(C)CC(C)(OOC(=O)C(C)C)OOC(=O)C(C)(C)C. The molecule has 0 rings (SSSR count). The molecule has 0 aromatic carbocycles. The molecule has 0 radical (unpaired) electrons. The van der Waals surface area contributed by atoms with Crippen LogP contribution >= 0.6 is 0 Å². The van der Waals surface area contributed by atoms with Crippen molar-refractivity contribution in [2.75, 3.05) is 0 Å². The maximum atomic E-state index is 11.7. The molecule has 0 spiro atoms. The molecule has 0 heterocycles. The molecule has 0 aromatic heterocycles.